The predicted molar refractivity (Wildman–Crippen MR) is 82.9 cm³/mol. The zero-order chi connectivity index (χ0) is 14.6. The van der Waals surface area contributed by atoms with Crippen LogP contribution in [-0.2, 0) is 4.74 Å². The smallest absolute Gasteiger partial charge is 0.0998 e. The second-order valence-corrected chi connectivity index (χ2v) is 5.36. The maximum Gasteiger partial charge on any atom is 0.0998 e. The summed E-state index contributed by atoms with van der Waals surface area (Å²) in [6, 6.07) is 14.0. The number of benzene rings is 2. The van der Waals surface area contributed by atoms with Crippen LogP contribution in [-0.4, -0.2) is 18.8 Å². The van der Waals surface area contributed by atoms with Crippen LogP contribution in [0.25, 0.3) is 10.8 Å². The maximum atomic E-state index is 9.17. The first-order valence-corrected chi connectivity index (χ1v) is 6.87. The Bertz CT molecular complexity index is 641. The minimum Gasteiger partial charge on any atom is -0.382 e. The topological polar surface area (TPSA) is 45.0 Å². The molecule has 3 nitrogen and oxygen atoms in total. The Balaban J connectivity index is 2.30. The number of nitrogens with one attached hydrogen (secondary N) is 1. The average Bonchev–Trinajstić information content (AvgIpc) is 2.44. The SMILES string of the molecule is CCOC(C)(C)CNc1ccc(C#N)c2ccccc12. The molecule has 0 aliphatic rings. The second kappa shape index (κ2) is 5.94. The summed E-state index contributed by atoms with van der Waals surface area (Å²) in [4.78, 5) is 0. The van der Waals surface area contributed by atoms with Gasteiger partial charge in [-0.25, -0.2) is 0 Å². The Morgan fingerprint density at radius 2 is 1.85 bits per heavy atom. The van der Waals surface area contributed by atoms with E-state index in [-0.39, 0.29) is 5.60 Å². The molecule has 2 rings (SSSR count). The van der Waals surface area contributed by atoms with Crippen molar-refractivity contribution < 1.29 is 4.74 Å². The summed E-state index contributed by atoms with van der Waals surface area (Å²) in [6.45, 7) is 7.54. The van der Waals surface area contributed by atoms with Crippen molar-refractivity contribution in [2.75, 3.05) is 18.5 Å². The van der Waals surface area contributed by atoms with Gasteiger partial charge in [-0.1, -0.05) is 24.3 Å². The lowest BCUT2D eigenvalue weighted by Gasteiger charge is -2.26. The molecule has 2 aromatic rings. The summed E-state index contributed by atoms with van der Waals surface area (Å²) in [6.07, 6.45) is 0. The molecule has 0 aromatic heterocycles. The lowest BCUT2D eigenvalue weighted by Crippen LogP contribution is -2.33. The van der Waals surface area contributed by atoms with Crippen molar-refractivity contribution in [3.05, 3.63) is 42.0 Å². The minimum absolute atomic E-state index is 0.218. The molecule has 0 amide bonds. The van der Waals surface area contributed by atoms with E-state index in [4.69, 9.17) is 10.00 Å². The van der Waals surface area contributed by atoms with E-state index in [2.05, 4.69) is 25.2 Å². The van der Waals surface area contributed by atoms with Crippen LogP contribution in [0.4, 0.5) is 5.69 Å². The largest absolute Gasteiger partial charge is 0.382 e. The van der Waals surface area contributed by atoms with Crippen molar-refractivity contribution in [1.82, 2.24) is 0 Å². The van der Waals surface area contributed by atoms with Gasteiger partial charge in [0.05, 0.1) is 17.2 Å². The van der Waals surface area contributed by atoms with Gasteiger partial charge in [-0.15, -0.1) is 0 Å². The van der Waals surface area contributed by atoms with Crippen molar-refractivity contribution in [2.24, 2.45) is 0 Å². The Morgan fingerprint density at radius 1 is 1.15 bits per heavy atom. The van der Waals surface area contributed by atoms with Crippen LogP contribution in [0.1, 0.15) is 26.3 Å². The molecule has 0 aliphatic heterocycles. The molecule has 2 aromatic carbocycles. The molecule has 0 saturated heterocycles. The van der Waals surface area contributed by atoms with Crippen molar-refractivity contribution >= 4 is 16.5 Å². The number of nitriles is 1. The monoisotopic (exact) mass is 268 g/mol. The Morgan fingerprint density at radius 3 is 2.50 bits per heavy atom. The summed E-state index contributed by atoms with van der Waals surface area (Å²) in [5, 5.41) is 14.6. The first kappa shape index (κ1) is 14.4. The van der Waals surface area contributed by atoms with E-state index in [1.165, 1.54) is 0 Å². The van der Waals surface area contributed by atoms with Crippen molar-refractivity contribution in [2.45, 2.75) is 26.4 Å². The highest BCUT2D eigenvalue weighted by molar-refractivity contribution is 5.97. The second-order valence-electron chi connectivity index (χ2n) is 5.36. The summed E-state index contributed by atoms with van der Waals surface area (Å²) in [7, 11) is 0. The molecular formula is C17H20N2O. The van der Waals surface area contributed by atoms with E-state index in [0.717, 1.165) is 23.0 Å². The zero-order valence-corrected chi connectivity index (χ0v) is 12.2. The molecule has 104 valence electrons. The molecule has 0 unspecified atom stereocenters. The molecule has 20 heavy (non-hydrogen) atoms. The van der Waals surface area contributed by atoms with Crippen molar-refractivity contribution in [3.63, 3.8) is 0 Å². The molecule has 0 saturated carbocycles. The normalized spacial score (nSPS) is 11.3. The number of ether oxygens (including phenoxy) is 1. The van der Waals surface area contributed by atoms with E-state index in [1.54, 1.807) is 0 Å². The minimum atomic E-state index is -0.218. The molecule has 0 fully saturated rings. The Hall–Kier alpha value is -2.05. The fraction of sp³-hybridized carbons (Fsp3) is 0.353. The molecule has 3 heteroatoms. The van der Waals surface area contributed by atoms with Crippen LogP contribution in [0.15, 0.2) is 36.4 Å². The Kier molecular flexibility index (Phi) is 4.26. The first-order valence-electron chi connectivity index (χ1n) is 6.87. The lowest BCUT2D eigenvalue weighted by molar-refractivity contribution is 0.000718. The summed E-state index contributed by atoms with van der Waals surface area (Å²) in [5.41, 5.74) is 1.52. The molecule has 0 radical (unpaired) electrons. The van der Waals surface area contributed by atoms with Crippen LogP contribution in [0.3, 0.4) is 0 Å². The predicted octanol–water partition coefficient (Wildman–Crippen LogP) is 3.94. The van der Waals surface area contributed by atoms with E-state index >= 15 is 0 Å². The molecule has 0 aliphatic carbocycles. The number of nitrogens with zero attached hydrogens (tertiary/aromatic N) is 1. The molecule has 1 N–H and O–H groups in total. The lowest BCUT2D eigenvalue weighted by atomic mass is 10.0. The van der Waals surface area contributed by atoms with Crippen LogP contribution in [0.2, 0.25) is 0 Å². The molecule has 0 bridgehead atoms. The fourth-order valence-electron chi connectivity index (χ4n) is 2.30. The standard InChI is InChI=1S/C17H20N2O/c1-4-20-17(2,3)12-19-16-10-9-13(11-18)14-7-5-6-8-15(14)16/h5-10,19H,4,12H2,1-3H3. The van der Waals surface area contributed by atoms with Crippen LogP contribution in [0, 0.1) is 11.3 Å². The van der Waals surface area contributed by atoms with Gasteiger partial charge in [0.25, 0.3) is 0 Å². The van der Waals surface area contributed by atoms with Gasteiger partial charge in [-0.05, 0) is 32.9 Å². The third-order valence-electron chi connectivity index (χ3n) is 3.28. The highest BCUT2D eigenvalue weighted by atomic mass is 16.5. The molecule has 0 heterocycles. The molecular weight excluding hydrogens is 248 g/mol. The number of rotatable bonds is 5. The van der Waals surface area contributed by atoms with Crippen molar-refractivity contribution in [3.8, 4) is 6.07 Å². The fourth-order valence-corrected chi connectivity index (χ4v) is 2.30. The maximum absolute atomic E-state index is 9.17. The van der Waals surface area contributed by atoms with E-state index in [0.29, 0.717) is 12.2 Å². The number of fused-ring (bicyclic) bond motifs is 1. The van der Waals surface area contributed by atoms with Crippen LogP contribution >= 0.6 is 0 Å². The number of hydrogen-bond acceptors (Lipinski definition) is 3. The van der Waals surface area contributed by atoms with Crippen LogP contribution in [0.5, 0.6) is 0 Å². The molecule has 0 spiro atoms. The van der Waals surface area contributed by atoms with Gasteiger partial charge in [0.1, 0.15) is 0 Å². The van der Waals surface area contributed by atoms with Gasteiger partial charge in [-0.3, -0.25) is 0 Å². The summed E-state index contributed by atoms with van der Waals surface area (Å²) in [5.74, 6) is 0. The van der Waals surface area contributed by atoms with Gasteiger partial charge in [0, 0.05) is 29.6 Å². The summed E-state index contributed by atoms with van der Waals surface area (Å²) < 4.78 is 5.69. The Labute approximate surface area is 120 Å². The third-order valence-corrected chi connectivity index (χ3v) is 3.28. The van der Waals surface area contributed by atoms with E-state index in [1.807, 2.05) is 43.3 Å². The summed E-state index contributed by atoms with van der Waals surface area (Å²) >= 11 is 0. The number of hydrogen-bond donors (Lipinski definition) is 1. The van der Waals surface area contributed by atoms with Gasteiger partial charge in [0.15, 0.2) is 0 Å². The van der Waals surface area contributed by atoms with Crippen molar-refractivity contribution in [1.29, 1.82) is 5.26 Å². The van der Waals surface area contributed by atoms with Crippen LogP contribution < -0.4 is 5.32 Å². The van der Waals surface area contributed by atoms with Gasteiger partial charge >= 0.3 is 0 Å². The quantitative estimate of drug-likeness (QED) is 0.893. The van der Waals surface area contributed by atoms with Gasteiger partial charge in [-0.2, -0.15) is 5.26 Å². The highest BCUT2D eigenvalue weighted by Crippen LogP contribution is 2.27. The zero-order valence-electron chi connectivity index (χ0n) is 12.2. The average molecular weight is 268 g/mol. The van der Waals surface area contributed by atoms with E-state index in [9.17, 15) is 0 Å². The van der Waals surface area contributed by atoms with Gasteiger partial charge in [0.2, 0.25) is 0 Å². The first-order chi connectivity index (χ1) is 9.57. The number of anilines is 1. The molecule has 0 atom stereocenters. The highest BCUT2D eigenvalue weighted by Gasteiger charge is 2.17. The van der Waals surface area contributed by atoms with E-state index < -0.39 is 0 Å². The third kappa shape index (κ3) is 3.09. The van der Waals surface area contributed by atoms with Gasteiger partial charge < -0.3 is 10.1 Å².